The van der Waals surface area contributed by atoms with Gasteiger partial charge in [0.25, 0.3) is 0 Å². The van der Waals surface area contributed by atoms with Crippen LogP contribution in [-0.2, 0) is 15.9 Å². The van der Waals surface area contributed by atoms with Gasteiger partial charge < -0.3 is 14.8 Å². The Balaban J connectivity index is 1.75. The Morgan fingerprint density at radius 2 is 1.94 bits per heavy atom. The van der Waals surface area contributed by atoms with Crippen LogP contribution in [0.15, 0.2) is 30.3 Å². The molecule has 1 atom stereocenters. The molecule has 1 heterocycles. The summed E-state index contributed by atoms with van der Waals surface area (Å²) in [5, 5.41) is 3.34. The maximum absolute atomic E-state index is 5.48. The molecule has 1 aliphatic heterocycles. The van der Waals surface area contributed by atoms with Crippen molar-refractivity contribution < 1.29 is 9.47 Å². The third-order valence-corrected chi connectivity index (χ3v) is 3.20. The van der Waals surface area contributed by atoms with Gasteiger partial charge in [-0.15, -0.1) is 0 Å². The molecular weight excluding hydrogens is 214 g/mol. The van der Waals surface area contributed by atoms with E-state index in [4.69, 9.17) is 9.47 Å². The minimum atomic E-state index is -0.0109. The van der Waals surface area contributed by atoms with Crippen molar-refractivity contribution in [2.75, 3.05) is 20.3 Å². The van der Waals surface area contributed by atoms with Crippen LogP contribution in [-0.4, -0.2) is 32.6 Å². The van der Waals surface area contributed by atoms with E-state index < -0.39 is 0 Å². The summed E-state index contributed by atoms with van der Waals surface area (Å²) in [5.74, 6) is 0. The Kier molecular flexibility index (Phi) is 4.98. The topological polar surface area (TPSA) is 30.5 Å². The standard InChI is InChI=1S/C14H21NO2/c1-15-13(11-14-16-9-10-17-14)8-7-12-5-3-2-4-6-12/h2-6,13-15H,7-11H2,1H3. The normalized spacial score (nSPS) is 18.4. The van der Waals surface area contributed by atoms with E-state index in [-0.39, 0.29) is 6.29 Å². The number of rotatable bonds is 6. The molecule has 1 aromatic carbocycles. The van der Waals surface area contributed by atoms with E-state index in [1.54, 1.807) is 0 Å². The van der Waals surface area contributed by atoms with Crippen molar-refractivity contribution in [1.29, 1.82) is 0 Å². The summed E-state index contributed by atoms with van der Waals surface area (Å²) < 4.78 is 11.0. The van der Waals surface area contributed by atoms with Gasteiger partial charge in [0, 0.05) is 12.5 Å². The fourth-order valence-electron chi connectivity index (χ4n) is 2.14. The predicted octanol–water partition coefficient (Wildman–Crippen LogP) is 1.97. The van der Waals surface area contributed by atoms with Gasteiger partial charge in [-0.2, -0.15) is 0 Å². The van der Waals surface area contributed by atoms with Gasteiger partial charge in [0.1, 0.15) is 0 Å². The molecule has 0 bridgehead atoms. The summed E-state index contributed by atoms with van der Waals surface area (Å²) in [6, 6.07) is 11.0. The van der Waals surface area contributed by atoms with Crippen LogP contribution in [0.25, 0.3) is 0 Å². The molecule has 1 N–H and O–H groups in total. The van der Waals surface area contributed by atoms with Crippen molar-refractivity contribution >= 4 is 0 Å². The van der Waals surface area contributed by atoms with E-state index in [9.17, 15) is 0 Å². The molecule has 0 aromatic heterocycles. The summed E-state index contributed by atoms with van der Waals surface area (Å²) in [6.07, 6.45) is 3.13. The second kappa shape index (κ2) is 6.74. The Bertz CT molecular complexity index is 309. The van der Waals surface area contributed by atoms with E-state index in [1.165, 1.54) is 5.56 Å². The average Bonchev–Trinajstić information content (AvgIpc) is 2.88. The van der Waals surface area contributed by atoms with E-state index in [0.717, 1.165) is 32.5 Å². The fourth-order valence-corrected chi connectivity index (χ4v) is 2.14. The van der Waals surface area contributed by atoms with Crippen LogP contribution >= 0.6 is 0 Å². The largest absolute Gasteiger partial charge is 0.350 e. The van der Waals surface area contributed by atoms with Crippen LogP contribution in [0.5, 0.6) is 0 Å². The minimum absolute atomic E-state index is 0.0109. The van der Waals surface area contributed by atoms with Crippen molar-refractivity contribution in [3.05, 3.63) is 35.9 Å². The van der Waals surface area contributed by atoms with Crippen molar-refractivity contribution in [3.63, 3.8) is 0 Å². The molecule has 0 spiro atoms. The van der Waals surface area contributed by atoms with E-state index in [0.29, 0.717) is 6.04 Å². The van der Waals surface area contributed by atoms with Gasteiger partial charge in [-0.05, 0) is 25.5 Å². The lowest BCUT2D eigenvalue weighted by atomic mass is 10.0. The fraction of sp³-hybridized carbons (Fsp3) is 0.571. The first kappa shape index (κ1) is 12.6. The number of benzene rings is 1. The summed E-state index contributed by atoms with van der Waals surface area (Å²) in [5.41, 5.74) is 1.39. The molecule has 1 aromatic rings. The van der Waals surface area contributed by atoms with E-state index >= 15 is 0 Å². The average molecular weight is 235 g/mol. The molecule has 1 aliphatic rings. The molecule has 17 heavy (non-hydrogen) atoms. The highest BCUT2D eigenvalue weighted by atomic mass is 16.7. The zero-order chi connectivity index (χ0) is 11.9. The van der Waals surface area contributed by atoms with Gasteiger partial charge in [0.05, 0.1) is 13.2 Å². The molecule has 3 heteroatoms. The lowest BCUT2D eigenvalue weighted by Crippen LogP contribution is -2.30. The second-order valence-electron chi connectivity index (χ2n) is 4.42. The van der Waals surface area contributed by atoms with Crippen molar-refractivity contribution in [2.24, 2.45) is 0 Å². The number of ether oxygens (including phenoxy) is 2. The first-order chi connectivity index (χ1) is 8.38. The van der Waals surface area contributed by atoms with Crippen LogP contribution in [0.1, 0.15) is 18.4 Å². The summed E-state index contributed by atoms with van der Waals surface area (Å²) >= 11 is 0. The van der Waals surface area contributed by atoms with Crippen molar-refractivity contribution in [2.45, 2.75) is 31.6 Å². The zero-order valence-corrected chi connectivity index (χ0v) is 10.4. The molecule has 0 aliphatic carbocycles. The lowest BCUT2D eigenvalue weighted by Gasteiger charge is -2.19. The van der Waals surface area contributed by atoms with Gasteiger partial charge in [-0.25, -0.2) is 0 Å². The smallest absolute Gasteiger partial charge is 0.159 e. The first-order valence-electron chi connectivity index (χ1n) is 6.33. The molecule has 1 unspecified atom stereocenters. The van der Waals surface area contributed by atoms with E-state index in [1.807, 2.05) is 7.05 Å². The highest BCUT2D eigenvalue weighted by Crippen LogP contribution is 2.14. The predicted molar refractivity (Wildman–Crippen MR) is 67.9 cm³/mol. The third-order valence-electron chi connectivity index (χ3n) is 3.20. The summed E-state index contributed by atoms with van der Waals surface area (Å²) in [6.45, 7) is 1.47. The van der Waals surface area contributed by atoms with Gasteiger partial charge in [-0.3, -0.25) is 0 Å². The van der Waals surface area contributed by atoms with Gasteiger partial charge in [0.2, 0.25) is 0 Å². The third kappa shape index (κ3) is 4.11. The van der Waals surface area contributed by atoms with Crippen LogP contribution < -0.4 is 5.32 Å². The number of hydrogen-bond acceptors (Lipinski definition) is 3. The van der Waals surface area contributed by atoms with Crippen molar-refractivity contribution in [3.8, 4) is 0 Å². The number of hydrogen-bond donors (Lipinski definition) is 1. The van der Waals surface area contributed by atoms with Crippen LogP contribution in [0, 0.1) is 0 Å². The van der Waals surface area contributed by atoms with Crippen LogP contribution in [0.4, 0.5) is 0 Å². The Labute approximate surface area is 103 Å². The monoisotopic (exact) mass is 235 g/mol. The maximum Gasteiger partial charge on any atom is 0.159 e. The Morgan fingerprint density at radius 3 is 2.59 bits per heavy atom. The molecule has 1 saturated heterocycles. The molecule has 1 fully saturated rings. The van der Waals surface area contributed by atoms with Crippen LogP contribution in [0.2, 0.25) is 0 Å². The molecular formula is C14H21NO2. The Hall–Kier alpha value is -0.900. The van der Waals surface area contributed by atoms with Crippen molar-refractivity contribution in [1.82, 2.24) is 5.32 Å². The lowest BCUT2D eigenvalue weighted by molar-refractivity contribution is -0.0527. The Morgan fingerprint density at radius 1 is 1.24 bits per heavy atom. The second-order valence-corrected chi connectivity index (χ2v) is 4.42. The maximum atomic E-state index is 5.48. The van der Waals surface area contributed by atoms with Gasteiger partial charge >= 0.3 is 0 Å². The number of nitrogens with one attached hydrogen (secondary N) is 1. The minimum Gasteiger partial charge on any atom is -0.350 e. The SMILES string of the molecule is CNC(CCc1ccccc1)CC1OCCO1. The highest BCUT2D eigenvalue weighted by molar-refractivity contribution is 5.14. The molecule has 0 saturated carbocycles. The highest BCUT2D eigenvalue weighted by Gasteiger charge is 2.20. The summed E-state index contributed by atoms with van der Waals surface area (Å²) in [4.78, 5) is 0. The summed E-state index contributed by atoms with van der Waals surface area (Å²) in [7, 11) is 2.00. The van der Waals surface area contributed by atoms with E-state index in [2.05, 4.69) is 35.6 Å². The molecule has 0 radical (unpaired) electrons. The molecule has 94 valence electrons. The number of aryl methyl sites for hydroxylation is 1. The molecule has 3 nitrogen and oxygen atoms in total. The zero-order valence-electron chi connectivity index (χ0n) is 10.4. The van der Waals surface area contributed by atoms with Gasteiger partial charge in [-0.1, -0.05) is 30.3 Å². The van der Waals surface area contributed by atoms with Crippen LogP contribution in [0.3, 0.4) is 0 Å². The first-order valence-corrected chi connectivity index (χ1v) is 6.33. The van der Waals surface area contributed by atoms with Gasteiger partial charge in [0.15, 0.2) is 6.29 Å². The molecule has 0 amide bonds. The quantitative estimate of drug-likeness (QED) is 0.817. The molecule has 2 rings (SSSR count).